The van der Waals surface area contributed by atoms with Gasteiger partial charge in [-0.25, -0.2) is 9.50 Å². The number of hydrogen-bond acceptors (Lipinski definition) is 4. The average Bonchev–Trinajstić information content (AvgIpc) is 2.96. The first kappa shape index (κ1) is 14.9. The van der Waals surface area contributed by atoms with Crippen LogP contribution in [0.1, 0.15) is 21.6 Å². The second-order valence-electron chi connectivity index (χ2n) is 4.73. The highest BCUT2D eigenvalue weighted by Gasteiger charge is 2.33. The minimum Gasteiger partial charge on any atom is -0.321 e. The Morgan fingerprint density at radius 2 is 1.96 bits per heavy atom. The number of nitrogens with one attached hydrogen (secondary N) is 1. The smallest absolute Gasteiger partial charge is 0.321 e. The molecule has 0 bridgehead atoms. The monoisotopic (exact) mass is 321 g/mol. The third kappa shape index (κ3) is 2.72. The van der Waals surface area contributed by atoms with Gasteiger partial charge in [0.25, 0.3) is 11.7 Å². The first-order valence-corrected chi connectivity index (χ1v) is 6.51. The standard InChI is InChI=1S/C14H10F3N5O/c1-8-9(6-18-13-19-7-20-22(8)13)12(23)21-11-5-3-2-4-10(11)14(15,16)17/h2-7H,1H3,(H,21,23). The summed E-state index contributed by atoms with van der Waals surface area (Å²) in [6.07, 6.45) is -2.03. The molecule has 0 aliphatic heterocycles. The zero-order valence-corrected chi connectivity index (χ0v) is 11.8. The van der Waals surface area contributed by atoms with Crippen LogP contribution in [0.3, 0.4) is 0 Å². The number of amides is 1. The normalized spacial score (nSPS) is 11.7. The van der Waals surface area contributed by atoms with Gasteiger partial charge in [-0.05, 0) is 19.1 Å². The summed E-state index contributed by atoms with van der Waals surface area (Å²) in [5.41, 5.74) is -0.696. The summed E-state index contributed by atoms with van der Waals surface area (Å²) in [5.74, 6) is -0.404. The molecule has 23 heavy (non-hydrogen) atoms. The van der Waals surface area contributed by atoms with Gasteiger partial charge in [0.05, 0.1) is 22.5 Å². The van der Waals surface area contributed by atoms with Crippen LogP contribution in [0.15, 0.2) is 36.8 Å². The SMILES string of the molecule is Cc1c(C(=O)Nc2ccccc2C(F)(F)F)cnc2ncnn12. The quantitative estimate of drug-likeness (QED) is 0.788. The fourth-order valence-electron chi connectivity index (χ4n) is 2.14. The number of aryl methyl sites for hydroxylation is 1. The van der Waals surface area contributed by atoms with Gasteiger partial charge in [-0.1, -0.05) is 12.1 Å². The molecular weight excluding hydrogens is 311 g/mol. The van der Waals surface area contributed by atoms with E-state index in [1.807, 2.05) is 0 Å². The van der Waals surface area contributed by atoms with Crippen LogP contribution in [0, 0.1) is 6.92 Å². The van der Waals surface area contributed by atoms with Crippen LogP contribution in [0.25, 0.3) is 5.78 Å². The van der Waals surface area contributed by atoms with E-state index in [-0.39, 0.29) is 11.3 Å². The number of hydrogen-bond donors (Lipinski definition) is 1. The molecule has 0 aliphatic carbocycles. The molecule has 1 aromatic carbocycles. The van der Waals surface area contributed by atoms with Crippen molar-refractivity contribution in [1.82, 2.24) is 19.6 Å². The zero-order valence-electron chi connectivity index (χ0n) is 11.8. The molecule has 0 spiro atoms. The molecule has 3 aromatic rings. The van der Waals surface area contributed by atoms with Crippen molar-refractivity contribution in [2.75, 3.05) is 5.32 Å². The number of nitrogens with zero attached hydrogens (tertiary/aromatic N) is 4. The summed E-state index contributed by atoms with van der Waals surface area (Å²) < 4.78 is 40.2. The molecule has 0 atom stereocenters. The van der Waals surface area contributed by atoms with Crippen LogP contribution in [-0.2, 0) is 6.18 Å². The summed E-state index contributed by atoms with van der Waals surface area (Å²) >= 11 is 0. The van der Waals surface area contributed by atoms with E-state index in [1.165, 1.54) is 35.2 Å². The van der Waals surface area contributed by atoms with Crippen molar-refractivity contribution in [2.24, 2.45) is 0 Å². The largest absolute Gasteiger partial charge is 0.418 e. The molecule has 6 nitrogen and oxygen atoms in total. The lowest BCUT2D eigenvalue weighted by Gasteiger charge is -2.14. The summed E-state index contributed by atoms with van der Waals surface area (Å²) in [4.78, 5) is 20.1. The Morgan fingerprint density at radius 1 is 1.22 bits per heavy atom. The van der Waals surface area contributed by atoms with Crippen molar-refractivity contribution in [3.63, 3.8) is 0 Å². The number of aromatic nitrogens is 4. The van der Waals surface area contributed by atoms with E-state index in [0.717, 1.165) is 6.07 Å². The van der Waals surface area contributed by atoms with E-state index in [1.54, 1.807) is 6.92 Å². The minimum atomic E-state index is -4.56. The molecule has 1 amide bonds. The van der Waals surface area contributed by atoms with E-state index >= 15 is 0 Å². The Hall–Kier alpha value is -2.97. The lowest BCUT2D eigenvalue weighted by Crippen LogP contribution is -2.19. The molecule has 1 N–H and O–H groups in total. The molecule has 0 saturated carbocycles. The van der Waals surface area contributed by atoms with Crippen LogP contribution in [0.4, 0.5) is 18.9 Å². The lowest BCUT2D eigenvalue weighted by atomic mass is 10.1. The van der Waals surface area contributed by atoms with Crippen molar-refractivity contribution in [1.29, 1.82) is 0 Å². The second-order valence-corrected chi connectivity index (χ2v) is 4.73. The molecule has 0 radical (unpaired) electrons. The average molecular weight is 321 g/mol. The molecule has 0 fully saturated rings. The van der Waals surface area contributed by atoms with Crippen molar-refractivity contribution >= 4 is 17.4 Å². The van der Waals surface area contributed by atoms with Crippen LogP contribution in [0.2, 0.25) is 0 Å². The number of benzene rings is 1. The Labute approximate surface area is 128 Å². The van der Waals surface area contributed by atoms with Gasteiger partial charge in [0, 0.05) is 6.20 Å². The Bertz CT molecular complexity index is 887. The van der Waals surface area contributed by atoms with E-state index in [0.29, 0.717) is 11.5 Å². The number of anilines is 1. The van der Waals surface area contributed by atoms with E-state index in [4.69, 9.17) is 0 Å². The molecule has 2 heterocycles. The Morgan fingerprint density at radius 3 is 2.70 bits per heavy atom. The van der Waals surface area contributed by atoms with E-state index < -0.39 is 17.6 Å². The topological polar surface area (TPSA) is 72.2 Å². The first-order valence-electron chi connectivity index (χ1n) is 6.51. The number of halogens is 3. The number of fused-ring (bicyclic) bond motifs is 1. The van der Waals surface area contributed by atoms with Crippen LogP contribution in [0.5, 0.6) is 0 Å². The predicted molar refractivity (Wildman–Crippen MR) is 74.9 cm³/mol. The van der Waals surface area contributed by atoms with Gasteiger partial charge < -0.3 is 5.32 Å². The molecule has 0 unspecified atom stereocenters. The second kappa shape index (κ2) is 5.34. The molecule has 2 aromatic heterocycles. The van der Waals surface area contributed by atoms with Crippen LogP contribution in [-0.4, -0.2) is 25.5 Å². The fraction of sp³-hybridized carbons (Fsp3) is 0.143. The highest BCUT2D eigenvalue weighted by Crippen LogP contribution is 2.34. The number of carbonyl (C=O) groups excluding carboxylic acids is 1. The summed E-state index contributed by atoms with van der Waals surface area (Å²) in [5, 5.41) is 6.18. The highest BCUT2D eigenvalue weighted by atomic mass is 19.4. The third-order valence-electron chi connectivity index (χ3n) is 3.27. The van der Waals surface area contributed by atoms with Crippen LogP contribution >= 0.6 is 0 Å². The third-order valence-corrected chi connectivity index (χ3v) is 3.27. The molecular formula is C14H10F3N5O. The van der Waals surface area contributed by atoms with Gasteiger partial charge >= 0.3 is 6.18 Å². The van der Waals surface area contributed by atoms with Crippen LogP contribution < -0.4 is 5.32 Å². The lowest BCUT2D eigenvalue weighted by molar-refractivity contribution is -0.136. The van der Waals surface area contributed by atoms with Gasteiger partial charge in [-0.15, -0.1) is 0 Å². The number of para-hydroxylation sites is 1. The maximum atomic E-state index is 13.0. The number of carbonyl (C=O) groups is 1. The molecule has 9 heteroatoms. The van der Waals surface area contributed by atoms with Crippen molar-refractivity contribution in [3.05, 3.63) is 53.6 Å². The van der Waals surface area contributed by atoms with Gasteiger partial charge in [0.1, 0.15) is 6.33 Å². The van der Waals surface area contributed by atoms with Gasteiger partial charge in [0.15, 0.2) is 0 Å². The molecule has 118 valence electrons. The van der Waals surface area contributed by atoms with Crippen molar-refractivity contribution in [3.8, 4) is 0 Å². The molecule has 3 rings (SSSR count). The van der Waals surface area contributed by atoms with E-state index in [9.17, 15) is 18.0 Å². The van der Waals surface area contributed by atoms with Gasteiger partial charge in [-0.3, -0.25) is 4.79 Å². The number of alkyl halides is 3. The fourth-order valence-corrected chi connectivity index (χ4v) is 2.14. The van der Waals surface area contributed by atoms with Gasteiger partial charge in [-0.2, -0.15) is 23.3 Å². The Balaban J connectivity index is 1.97. The minimum absolute atomic E-state index is 0.111. The summed E-state index contributed by atoms with van der Waals surface area (Å²) in [6, 6.07) is 4.77. The van der Waals surface area contributed by atoms with Crippen molar-refractivity contribution in [2.45, 2.75) is 13.1 Å². The Kier molecular flexibility index (Phi) is 3.47. The number of rotatable bonds is 2. The molecule has 0 saturated heterocycles. The van der Waals surface area contributed by atoms with Gasteiger partial charge in [0.2, 0.25) is 0 Å². The zero-order chi connectivity index (χ0) is 16.6. The summed E-state index contributed by atoms with van der Waals surface area (Å²) in [6.45, 7) is 1.61. The maximum absolute atomic E-state index is 13.0. The highest BCUT2D eigenvalue weighted by molar-refractivity contribution is 6.05. The van der Waals surface area contributed by atoms with Crippen molar-refractivity contribution < 1.29 is 18.0 Å². The summed E-state index contributed by atoms with van der Waals surface area (Å²) in [7, 11) is 0. The maximum Gasteiger partial charge on any atom is 0.418 e. The predicted octanol–water partition coefficient (Wildman–Crippen LogP) is 2.70. The van der Waals surface area contributed by atoms with E-state index in [2.05, 4.69) is 20.4 Å². The first-order chi connectivity index (χ1) is 10.9. The molecule has 0 aliphatic rings.